The van der Waals surface area contributed by atoms with Crippen molar-refractivity contribution in [2.75, 3.05) is 33.4 Å². The number of amides is 1. The lowest BCUT2D eigenvalue weighted by molar-refractivity contribution is 0.0326. The van der Waals surface area contributed by atoms with Crippen LogP contribution in [0.4, 0.5) is 0 Å². The zero-order valence-corrected chi connectivity index (χ0v) is 16.9. The van der Waals surface area contributed by atoms with Crippen molar-refractivity contribution in [3.05, 3.63) is 23.8 Å². The van der Waals surface area contributed by atoms with Crippen molar-refractivity contribution in [2.45, 2.75) is 63.8 Å². The SMILES string of the molecule is CCOc1ccc(C(=O)NCC2(N3CCCCC3)CCCCC2)cc1OC. The number of piperidine rings is 1. The van der Waals surface area contributed by atoms with Crippen LogP contribution >= 0.6 is 0 Å². The van der Waals surface area contributed by atoms with Crippen molar-refractivity contribution >= 4 is 5.91 Å². The van der Waals surface area contributed by atoms with Crippen LogP contribution in [-0.2, 0) is 0 Å². The molecular formula is C22H34N2O3. The Morgan fingerprint density at radius 3 is 2.44 bits per heavy atom. The van der Waals surface area contributed by atoms with E-state index in [0.717, 1.165) is 6.54 Å². The largest absolute Gasteiger partial charge is 0.493 e. The molecule has 3 rings (SSSR count). The summed E-state index contributed by atoms with van der Waals surface area (Å²) < 4.78 is 10.9. The van der Waals surface area contributed by atoms with Crippen LogP contribution in [-0.4, -0.2) is 49.7 Å². The Hall–Kier alpha value is -1.75. The molecule has 1 aliphatic heterocycles. The van der Waals surface area contributed by atoms with E-state index >= 15 is 0 Å². The molecule has 1 saturated heterocycles. The fourth-order valence-corrected chi connectivity index (χ4v) is 4.61. The van der Waals surface area contributed by atoms with Crippen molar-refractivity contribution in [3.63, 3.8) is 0 Å². The van der Waals surface area contributed by atoms with E-state index in [1.807, 2.05) is 19.1 Å². The Kier molecular flexibility index (Phi) is 7.00. The Morgan fingerprint density at radius 1 is 1.07 bits per heavy atom. The van der Waals surface area contributed by atoms with Crippen LogP contribution in [0.15, 0.2) is 18.2 Å². The third-order valence-electron chi connectivity index (χ3n) is 6.11. The summed E-state index contributed by atoms with van der Waals surface area (Å²) in [6, 6.07) is 5.41. The predicted molar refractivity (Wildman–Crippen MR) is 108 cm³/mol. The number of methoxy groups -OCH3 is 1. The maximum absolute atomic E-state index is 12.8. The van der Waals surface area contributed by atoms with Crippen LogP contribution in [0, 0.1) is 0 Å². The normalized spacial score (nSPS) is 20.1. The Labute approximate surface area is 163 Å². The number of likely N-dealkylation sites (tertiary alicyclic amines) is 1. The van der Waals surface area contributed by atoms with Gasteiger partial charge in [-0.3, -0.25) is 9.69 Å². The van der Waals surface area contributed by atoms with Crippen LogP contribution in [0.2, 0.25) is 0 Å². The Balaban J connectivity index is 1.68. The third kappa shape index (κ3) is 4.75. The van der Waals surface area contributed by atoms with Gasteiger partial charge in [-0.05, 0) is 63.9 Å². The minimum Gasteiger partial charge on any atom is -0.493 e. The molecule has 1 heterocycles. The quantitative estimate of drug-likeness (QED) is 0.783. The minimum absolute atomic E-state index is 0.0293. The van der Waals surface area contributed by atoms with Crippen molar-refractivity contribution < 1.29 is 14.3 Å². The van der Waals surface area contributed by atoms with Gasteiger partial charge in [0.1, 0.15) is 0 Å². The highest BCUT2D eigenvalue weighted by molar-refractivity contribution is 5.94. The summed E-state index contributed by atoms with van der Waals surface area (Å²) in [6.07, 6.45) is 10.1. The standard InChI is InChI=1S/C22H34N2O3/c1-3-27-19-11-10-18(16-20(19)26-2)21(25)23-17-22(12-6-4-7-13-22)24-14-8-5-9-15-24/h10-11,16H,3-9,12-15,17H2,1-2H3,(H,23,25). The zero-order chi connectivity index (χ0) is 19.1. The average molecular weight is 375 g/mol. The number of nitrogens with one attached hydrogen (secondary N) is 1. The molecule has 1 saturated carbocycles. The van der Waals surface area contributed by atoms with Crippen LogP contribution in [0.1, 0.15) is 68.6 Å². The van der Waals surface area contributed by atoms with Gasteiger partial charge < -0.3 is 14.8 Å². The van der Waals surface area contributed by atoms with Gasteiger partial charge in [-0.2, -0.15) is 0 Å². The number of ether oxygens (including phenoxy) is 2. The van der Waals surface area contributed by atoms with E-state index in [2.05, 4.69) is 10.2 Å². The molecule has 1 N–H and O–H groups in total. The number of hydrogen-bond donors (Lipinski definition) is 1. The average Bonchev–Trinajstić information content (AvgIpc) is 2.74. The number of carbonyl (C=O) groups excluding carboxylic acids is 1. The minimum atomic E-state index is -0.0293. The number of rotatable bonds is 7. The molecule has 150 valence electrons. The maximum Gasteiger partial charge on any atom is 0.251 e. The summed E-state index contributed by atoms with van der Waals surface area (Å²) >= 11 is 0. The molecule has 5 nitrogen and oxygen atoms in total. The summed E-state index contributed by atoms with van der Waals surface area (Å²) in [7, 11) is 1.60. The van der Waals surface area contributed by atoms with Gasteiger partial charge in [-0.15, -0.1) is 0 Å². The van der Waals surface area contributed by atoms with Gasteiger partial charge in [0.2, 0.25) is 0 Å². The lowest BCUT2D eigenvalue weighted by atomic mass is 9.79. The molecule has 0 spiro atoms. The van der Waals surface area contributed by atoms with E-state index in [0.29, 0.717) is 23.7 Å². The van der Waals surface area contributed by atoms with Crippen molar-refractivity contribution in [1.82, 2.24) is 10.2 Å². The third-order valence-corrected chi connectivity index (χ3v) is 6.11. The molecular weight excluding hydrogens is 340 g/mol. The first-order valence-electron chi connectivity index (χ1n) is 10.5. The summed E-state index contributed by atoms with van der Waals surface area (Å²) in [5, 5.41) is 3.23. The van der Waals surface area contributed by atoms with E-state index in [1.54, 1.807) is 13.2 Å². The molecule has 1 amide bonds. The molecule has 2 aliphatic rings. The number of hydrogen-bond acceptors (Lipinski definition) is 4. The van der Waals surface area contributed by atoms with Gasteiger partial charge in [0.25, 0.3) is 5.91 Å². The van der Waals surface area contributed by atoms with Crippen molar-refractivity contribution in [1.29, 1.82) is 0 Å². The Morgan fingerprint density at radius 2 is 1.78 bits per heavy atom. The summed E-state index contributed by atoms with van der Waals surface area (Å²) in [5.74, 6) is 1.25. The molecule has 0 aromatic heterocycles. The van der Waals surface area contributed by atoms with Gasteiger partial charge in [0, 0.05) is 17.6 Å². The lowest BCUT2D eigenvalue weighted by Gasteiger charge is -2.48. The van der Waals surface area contributed by atoms with Crippen LogP contribution in [0.25, 0.3) is 0 Å². The smallest absolute Gasteiger partial charge is 0.251 e. The van der Waals surface area contributed by atoms with Gasteiger partial charge in [0.15, 0.2) is 11.5 Å². The molecule has 0 atom stereocenters. The lowest BCUT2D eigenvalue weighted by Crippen LogP contribution is -2.58. The topological polar surface area (TPSA) is 50.8 Å². The monoisotopic (exact) mass is 374 g/mol. The summed E-state index contributed by atoms with van der Waals surface area (Å²) in [5.41, 5.74) is 0.767. The second kappa shape index (κ2) is 9.45. The van der Waals surface area contributed by atoms with E-state index in [1.165, 1.54) is 64.5 Å². The fraction of sp³-hybridized carbons (Fsp3) is 0.682. The van der Waals surface area contributed by atoms with Gasteiger partial charge in [-0.1, -0.05) is 25.7 Å². The molecule has 1 aromatic rings. The second-order valence-corrected chi connectivity index (χ2v) is 7.81. The van der Waals surface area contributed by atoms with Crippen LogP contribution in [0.5, 0.6) is 11.5 Å². The number of carbonyl (C=O) groups is 1. The zero-order valence-electron chi connectivity index (χ0n) is 16.9. The van der Waals surface area contributed by atoms with Crippen LogP contribution in [0.3, 0.4) is 0 Å². The molecule has 0 bridgehead atoms. The summed E-state index contributed by atoms with van der Waals surface area (Å²) in [6.45, 7) is 5.59. The number of benzene rings is 1. The Bertz CT molecular complexity index is 620. The van der Waals surface area contributed by atoms with Crippen molar-refractivity contribution in [2.24, 2.45) is 0 Å². The first-order valence-corrected chi connectivity index (χ1v) is 10.5. The van der Waals surface area contributed by atoms with Crippen molar-refractivity contribution in [3.8, 4) is 11.5 Å². The number of nitrogens with zero attached hydrogens (tertiary/aromatic N) is 1. The maximum atomic E-state index is 12.8. The predicted octanol–water partition coefficient (Wildman–Crippen LogP) is 4.01. The van der Waals surface area contributed by atoms with E-state index < -0.39 is 0 Å². The van der Waals surface area contributed by atoms with E-state index in [-0.39, 0.29) is 11.4 Å². The summed E-state index contributed by atoms with van der Waals surface area (Å²) in [4.78, 5) is 15.5. The highest BCUT2D eigenvalue weighted by Crippen LogP contribution is 2.35. The van der Waals surface area contributed by atoms with E-state index in [9.17, 15) is 4.79 Å². The molecule has 1 aliphatic carbocycles. The highest BCUT2D eigenvalue weighted by atomic mass is 16.5. The highest BCUT2D eigenvalue weighted by Gasteiger charge is 2.38. The second-order valence-electron chi connectivity index (χ2n) is 7.81. The molecule has 2 fully saturated rings. The molecule has 0 unspecified atom stereocenters. The first-order chi connectivity index (χ1) is 13.2. The van der Waals surface area contributed by atoms with E-state index in [4.69, 9.17) is 9.47 Å². The molecule has 1 aromatic carbocycles. The van der Waals surface area contributed by atoms with Crippen LogP contribution < -0.4 is 14.8 Å². The van der Waals surface area contributed by atoms with Gasteiger partial charge >= 0.3 is 0 Å². The molecule has 0 radical (unpaired) electrons. The van der Waals surface area contributed by atoms with Gasteiger partial charge in [0.05, 0.1) is 13.7 Å². The van der Waals surface area contributed by atoms with Gasteiger partial charge in [-0.25, -0.2) is 0 Å². The fourth-order valence-electron chi connectivity index (χ4n) is 4.61. The molecule has 27 heavy (non-hydrogen) atoms. The first kappa shape index (κ1) is 20.0. The molecule has 5 heteroatoms.